The predicted octanol–water partition coefficient (Wildman–Crippen LogP) is 2.61. The van der Waals surface area contributed by atoms with E-state index in [4.69, 9.17) is 11.6 Å². The predicted molar refractivity (Wildman–Crippen MR) is 67.2 cm³/mol. The van der Waals surface area contributed by atoms with Crippen LogP contribution in [0, 0.1) is 6.92 Å². The quantitative estimate of drug-likeness (QED) is 0.766. The number of carbonyl (C=O) groups is 1. The molecule has 3 nitrogen and oxygen atoms in total. The molecule has 0 spiro atoms. The molecule has 0 aliphatic heterocycles. The Morgan fingerprint density at radius 1 is 1.29 bits per heavy atom. The van der Waals surface area contributed by atoms with Crippen LogP contribution >= 0.6 is 11.6 Å². The summed E-state index contributed by atoms with van der Waals surface area (Å²) in [4.78, 5) is 22.2. The van der Waals surface area contributed by atoms with Crippen molar-refractivity contribution >= 4 is 17.9 Å². The molecule has 86 valence electrons. The highest BCUT2D eigenvalue weighted by Crippen LogP contribution is 2.20. The van der Waals surface area contributed by atoms with Gasteiger partial charge in [0.1, 0.15) is 0 Å². The highest BCUT2D eigenvalue weighted by molar-refractivity contribution is 6.32. The van der Waals surface area contributed by atoms with Crippen molar-refractivity contribution in [2.75, 3.05) is 0 Å². The summed E-state index contributed by atoms with van der Waals surface area (Å²) in [6.45, 7) is 1.79. The lowest BCUT2D eigenvalue weighted by molar-refractivity contribution is 0.112. The van der Waals surface area contributed by atoms with Crippen LogP contribution in [0.25, 0.3) is 5.69 Å². The minimum atomic E-state index is -0.277. The fourth-order valence-corrected chi connectivity index (χ4v) is 1.87. The van der Waals surface area contributed by atoms with E-state index in [-0.39, 0.29) is 11.0 Å². The Morgan fingerprint density at radius 3 is 2.65 bits per heavy atom. The maximum atomic E-state index is 11.5. The van der Waals surface area contributed by atoms with Gasteiger partial charge in [-0.05, 0) is 19.1 Å². The molecule has 0 saturated heterocycles. The number of hydrogen-bond donors (Lipinski definition) is 0. The number of aromatic nitrogens is 1. The molecule has 17 heavy (non-hydrogen) atoms. The van der Waals surface area contributed by atoms with Crippen LogP contribution in [0.15, 0.2) is 41.3 Å². The minimum absolute atomic E-state index is 0.121. The van der Waals surface area contributed by atoms with E-state index in [0.29, 0.717) is 11.3 Å². The van der Waals surface area contributed by atoms with E-state index < -0.39 is 0 Å². The summed E-state index contributed by atoms with van der Waals surface area (Å²) in [6, 6.07) is 8.68. The Labute approximate surface area is 103 Å². The number of aryl methyl sites for hydroxylation is 1. The van der Waals surface area contributed by atoms with Gasteiger partial charge < -0.3 is 4.57 Å². The molecule has 2 rings (SSSR count). The first kappa shape index (κ1) is 11.6. The van der Waals surface area contributed by atoms with Crippen LogP contribution in [0.5, 0.6) is 0 Å². The van der Waals surface area contributed by atoms with Crippen molar-refractivity contribution < 1.29 is 4.79 Å². The Kier molecular flexibility index (Phi) is 3.11. The van der Waals surface area contributed by atoms with Gasteiger partial charge in [-0.3, -0.25) is 9.59 Å². The topological polar surface area (TPSA) is 39.1 Å². The molecular weight excluding hydrogens is 238 g/mol. The molecule has 0 atom stereocenters. The molecule has 0 amide bonds. The second-order valence-corrected chi connectivity index (χ2v) is 4.08. The Balaban J connectivity index is 2.72. The van der Waals surface area contributed by atoms with Crippen LogP contribution in [0.1, 0.15) is 16.1 Å². The largest absolute Gasteiger partial charge is 0.319 e. The van der Waals surface area contributed by atoms with Gasteiger partial charge in [0.05, 0.1) is 16.3 Å². The Morgan fingerprint density at radius 2 is 2.00 bits per heavy atom. The van der Waals surface area contributed by atoms with Crippen molar-refractivity contribution in [3.8, 4) is 5.69 Å². The van der Waals surface area contributed by atoms with Crippen molar-refractivity contribution in [1.29, 1.82) is 0 Å². The van der Waals surface area contributed by atoms with Gasteiger partial charge in [0.15, 0.2) is 11.7 Å². The number of para-hydroxylation sites is 1. The van der Waals surface area contributed by atoms with Crippen molar-refractivity contribution in [1.82, 2.24) is 4.57 Å². The number of halogens is 1. The summed E-state index contributed by atoms with van der Waals surface area (Å²) in [7, 11) is 0. The zero-order valence-electron chi connectivity index (χ0n) is 9.18. The van der Waals surface area contributed by atoms with Crippen LogP contribution in [-0.4, -0.2) is 10.9 Å². The molecule has 4 heteroatoms. The van der Waals surface area contributed by atoms with Gasteiger partial charge in [-0.25, -0.2) is 0 Å². The fourth-order valence-electron chi connectivity index (χ4n) is 1.64. The molecule has 0 saturated carbocycles. The highest BCUT2D eigenvalue weighted by atomic mass is 35.5. The molecule has 0 fully saturated rings. The summed E-state index contributed by atoms with van der Waals surface area (Å²) < 4.78 is 1.73. The molecule has 1 heterocycles. The number of aldehydes is 1. The molecule has 0 aliphatic rings. The normalized spacial score (nSPS) is 10.2. The fraction of sp³-hybridized carbons (Fsp3) is 0.0769. The minimum Gasteiger partial charge on any atom is -0.319 e. The van der Waals surface area contributed by atoms with E-state index in [1.807, 2.05) is 18.2 Å². The number of rotatable bonds is 2. The van der Waals surface area contributed by atoms with E-state index >= 15 is 0 Å². The molecule has 1 aromatic carbocycles. The average Bonchev–Trinajstić information content (AvgIpc) is 2.31. The van der Waals surface area contributed by atoms with Crippen LogP contribution in [-0.2, 0) is 0 Å². The van der Waals surface area contributed by atoms with E-state index in [9.17, 15) is 9.59 Å². The van der Waals surface area contributed by atoms with E-state index in [2.05, 4.69) is 0 Å². The zero-order chi connectivity index (χ0) is 12.4. The van der Waals surface area contributed by atoms with Crippen molar-refractivity contribution in [2.45, 2.75) is 6.92 Å². The monoisotopic (exact) mass is 247 g/mol. The smallest absolute Gasteiger partial charge is 0.192 e. The summed E-state index contributed by atoms with van der Waals surface area (Å²) >= 11 is 6.08. The van der Waals surface area contributed by atoms with Crippen LogP contribution in [0.3, 0.4) is 0 Å². The number of nitrogens with zero attached hydrogens (tertiary/aromatic N) is 1. The molecule has 0 unspecified atom stereocenters. The lowest BCUT2D eigenvalue weighted by atomic mass is 10.2. The third-order valence-corrected chi connectivity index (χ3v) is 2.83. The van der Waals surface area contributed by atoms with Crippen LogP contribution in [0.4, 0.5) is 0 Å². The summed E-state index contributed by atoms with van der Waals surface area (Å²) in [5.74, 6) is 0. The SMILES string of the molecule is Cc1cc(=O)c(C=O)cn1-c1ccccc1Cl. The first-order chi connectivity index (χ1) is 8.13. The molecule has 2 aromatic rings. The van der Waals surface area contributed by atoms with E-state index in [1.165, 1.54) is 12.3 Å². The van der Waals surface area contributed by atoms with Crippen molar-refractivity contribution in [2.24, 2.45) is 0 Å². The van der Waals surface area contributed by atoms with E-state index in [0.717, 1.165) is 11.4 Å². The van der Waals surface area contributed by atoms with Gasteiger partial charge in [-0.1, -0.05) is 23.7 Å². The van der Waals surface area contributed by atoms with Gasteiger partial charge in [-0.15, -0.1) is 0 Å². The van der Waals surface area contributed by atoms with Crippen LogP contribution < -0.4 is 5.43 Å². The standard InChI is InChI=1S/C13H10ClNO2/c1-9-6-13(17)10(8-16)7-15(9)12-5-3-2-4-11(12)14/h2-8H,1H3. The molecule has 0 N–H and O–H groups in total. The highest BCUT2D eigenvalue weighted by Gasteiger charge is 2.07. The third kappa shape index (κ3) is 2.15. The second kappa shape index (κ2) is 4.55. The van der Waals surface area contributed by atoms with Gasteiger partial charge in [0, 0.05) is 18.0 Å². The zero-order valence-corrected chi connectivity index (χ0v) is 9.94. The number of hydrogen-bond acceptors (Lipinski definition) is 2. The van der Waals surface area contributed by atoms with Crippen LogP contribution in [0.2, 0.25) is 5.02 Å². The molecule has 0 bridgehead atoms. The van der Waals surface area contributed by atoms with Crippen molar-refractivity contribution in [3.63, 3.8) is 0 Å². The number of benzene rings is 1. The first-order valence-corrected chi connectivity index (χ1v) is 5.44. The summed E-state index contributed by atoms with van der Waals surface area (Å²) in [5, 5.41) is 0.566. The van der Waals surface area contributed by atoms with Gasteiger partial charge in [0.25, 0.3) is 0 Å². The lowest BCUT2D eigenvalue weighted by Gasteiger charge is -2.12. The Bertz CT molecular complexity index is 632. The number of carbonyl (C=O) groups excluding carboxylic acids is 1. The molecule has 0 aliphatic carbocycles. The molecular formula is C13H10ClNO2. The van der Waals surface area contributed by atoms with Gasteiger partial charge in [-0.2, -0.15) is 0 Å². The van der Waals surface area contributed by atoms with Gasteiger partial charge >= 0.3 is 0 Å². The third-order valence-electron chi connectivity index (χ3n) is 2.51. The van der Waals surface area contributed by atoms with E-state index in [1.54, 1.807) is 17.6 Å². The first-order valence-electron chi connectivity index (χ1n) is 5.07. The number of pyridine rings is 1. The lowest BCUT2D eigenvalue weighted by Crippen LogP contribution is -2.13. The average molecular weight is 248 g/mol. The van der Waals surface area contributed by atoms with Gasteiger partial charge in [0.2, 0.25) is 0 Å². The maximum absolute atomic E-state index is 11.5. The summed E-state index contributed by atoms with van der Waals surface area (Å²) in [6.07, 6.45) is 2.06. The molecule has 0 radical (unpaired) electrons. The molecule has 1 aromatic heterocycles. The second-order valence-electron chi connectivity index (χ2n) is 3.67. The summed E-state index contributed by atoms with van der Waals surface area (Å²) in [5.41, 5.74) is 1.32. The maximum Gasteiger partial charge on any atom is 0.192 e. The van der Waals surface area contributed by atoms with Crippen molar-refractivity contribution in [3.05, 3.63) is 63.0 Å². The Hall–Kier alpha value is -1.87.